The van der Waals surface area contributed by atoms with Crippen molar-refractivity contribution < 1.29 is 55.6 Å². The molecule has 3 aromatic heterocycles. The minimum atomic E-state index is -4.46. The van der Waals surface area contributed by atoms with Gasteiger partial charge in [-0.15, -0.1) is 0 Å². The quantitative estimate of drug-likeness (QED) is 0.131. The standard InChI is InChI=1S/C12H6F4NO.C9H5F3N3.Ir/c1-18-6-2-3-17-9(4-6)7-5-8(13)11(15)12(16)10(7)14;10-9(11,12)8-5-7(14-15-8)6-3-1-2-4-13-6;/h2-4H,1H3;1-5H;/q2*-1;. The Balaban J connectivity index is 0.000000237. The molecule has 181 valence electrons. The maximum absolute atomic E-state index is 13.5. The van der Waals surface area contributed by atoms with Crippen molar-refractivity contribution in [2.24, 2.45) is 0 Å². The molecule has 0 atom stereocenters. The Kier molecular flexibility index (Phi) is 8.88. The van der Waals surface area contributed by atoms with Gasteiger partial charge in [0.1, 0.15) is 23.1 Å². The molecule has 0 N–H and O–H groups in total. The van der Waals surface area contributed by atoms with E-state index in [0.29, 0.717) is 11.4 Å². The van der Waals surface area contributed by atoms with Crippen LogP contribution in [0.25, 0.3) is 22.6 Å². The number of hydrogen-bond donors (Lipinski definition) is 0. The molecule has 34 heavy (non-hydrogen) atoms. The van der Waals surface area contributed by atoms with E-state index < -0.39 is 40.7 Å². The topological polar surface area (TPSA) is 62.0 Å². The monoisotopic (exact) mass is 661 g/mol. The number of rotatable bonds is 3. The van der Waals surface area contributed by atoms with Gasteiger partial charge < -0.3 is 19.9 Å². The summed E-state index contributed by atoms with van der Waals surface area (Å²) < 4.78 is 93.7. The third-order valence-electron chi connectivity index (χ3n) is 4.01. The van der Waals surface area contributed by atoms with Crippen molar-refractivity contribution >= 4 is 0 Å². The molecule has 1 aromatic carbocycles. The second kappa shape index (κ2) is 11.2. The summed E-state index contributed by atoms with van der Waals surface area (Å²) in [4.78, 5) is 7.60. The summed E-state index contributed by atoms with van der Waals surface area (Å²) in [5.41, 5.74) is -1.19. The summed E-state index contributed by atoms with van der Waals surface area (Å²) in [6.45, 7) is 0. The Bertz CT molecular complexity index is 1250. The van der Waals surface area contributed by atoms with Crippen LogP contribution in [0.4, 0.5) is 30.7 Å². The van der Waals surface area contributed by atoms with Crippen LogP contribution >= 0.6 is 0 Å². The third kappa shape index (κ3) is 6.17. The summed E-state index contributed by atoms with van der Waals surface area (Å²) in [5, 5.41) is 6.47. The van der Waals surface area contributed by atoms with Crippen LogP contribution in [-0.4, -0.2) is 22.2 Å². The molecule has 0 fully saturated rings. The van der Waals surface area contributed by atoms with Gasteiger partial charge in [-0.1, -0.05) is 23.4 Å². The van der Waals surface area contributed by atoms with Gasteiger partial charge in [0.15, 0.2) is 0 Å². The van der Waals surface area contributed by atoms with Crippen LogP contribution in [0.15, 0.2) is 48.8 Å². The van der Waals surface area contributed by atoms with Gasteiger partial charge in [0, 0.05) is 38.2 Å². The summed E-state index contributed by atoms with van der Waals surface area (Å²) in [6, 6.07) is 10.3. The number of methoxy groups -OCH3 is 1. The van der Waals surface area contributed by atoms with E-state index >= 15 is 0 Å². The van der Waals surface area contributed by atoms with E-state index in [1.807, 2.05) is 0 Å². The van der Waals surface area contributed by atoms with Gasteiger partial charge >= 0.3 is 6.18 Å². The zero-order valence-electron chi connectivity index (χ0n) is 16.8. The average molecular weight is 661 g/mol. The molecule has 0 aliphatic rings. The molecular weight excluding hydrogens is 649 g/mol. The fourth-order valence-electron chi connectivity index (χ4n) is 2.45. The Morgan fingerprint density at radius 2 is 1.59 bits per heavy atom. The Morgan fingerprint density at radius 3 is 2.18 bits per heavy atom. The number of alkyl halides is 3. The minimum Gasteiger partial charge on any atom is -0.573 e. The van der Waals surface area contributed by atoms with Gasteiger partial charge in [-0.25, -0.2) is 8.78 Å². The van der Waals surface area contributed by atoms with Crippen LogP contribution < -0.4 is 9.84 Å². The molecule has 0 spiro atoms. The smallest absolute Gasteiger partial charge is 0.431 e. The van der Waals surface area contributed by atoms with E-state index in [0.717, 1.165) is 6.07 Å². The first-order valence-electron chi connectivity index (χ1n) is 8.86. The minimum absolute atomic E-state index is 0. The Labute approximate surface area is 201 Å². The summed E-state index contributed by atoms with van der Waals surface area (Å²) in [6.07, 6.45) is -1.71. The molecule has 4 rings (SSSR count). The number of pyridine rings is 2. The first-order chi connectivity index (χ1) is 15.6. The predicted molar refractivity (Wildman–Crippen MR) is 101 cm³/mol. The van der Waals surface area contributed by atoms with Crippen LogP contribution in [0, 0.1) is 29.3 Å². The first-order valence-corrected chi connectivity index (χ1v) is 8.86. The molecule has 0 aliphatic heterocycles. The molecule has 4 aromatic rings. The molecular formula is C21H11F7IrN4O-2. The molecule has 1 radical (unpaired) electrons. The van der Waals surface area contributed by atoms with Crippen LogP contribution in [0.3, 0.4) is 0 Å². The van der Waals surface area contributed by atoms with Gasteiger partial charge in [-0.2, -0.15) is 13.2 Å². The molecule has 0 bridgehead atoms. The third-order valence-corrected chi connectivity index (χ3v) is 4.01. The van der Waals surface area contributed by atoms with E-state index in [2.05, 4.69) is 20.2 Å². The summed E-state index contributed by atoms with van der Waals surface area (Å²) >= 11 is 0. The van der Waals surface area contributed by atoms with E-state index in [1.165, 1.54) is 31.6 Å². The van der Waals surface area contributed by atoms with Crippen molar-refractivity contribution in [2.45, 2.75) is 6.18 Å². The number of ether oxygens (including phenoxy) is 1. The van der Waals surface area contributed by atoms with Gasteiger partial charge in [-0.05, 0) is 36.0 Å². The van der Waals surface area contributed by atoms with E-state index in [4.69, 9.17) is 4.74 Å². The van der Waals surface area contributed by atoms with Gasteiger partial charge in [0.25, 0.3) is 0 Å². The first kappa shape index (κ1) is 26.9. The van der Waals surface area contributed by atoms with Crippen molar-refractivity contribution in [1.82, 2.24) is 20.2 Å². The van der Waals surface area contributed by atoms with Crippen LogP contribution in [0.2, 0.25) is 0 Å². The number of halogens is 7. The van der Waals surface area contributed by atoms with E-state index in [-0.39, 0.29) is 31.5 Å². The molecule has 3 heterocycles. The van der Waals surface area contributed by atoms with Crippen molar-refractivity contribution in [3.63, 3.8) is 0 Å². The van der Waals surface area contributed by atoms with E-state index in [1.54, 1.807) is 24.3 Å². The maximum Gasteiger partial charge on any atom is 0.431 e. The van der Waals surface area contributed by atoms with Crippen molar-refractivity contribution in [2.75, 3.05) is 7.11 Å². The fourth-order valence-corrected chi connectivity index (χ4v) is 2.45. The molecule has 0 saturated carbocycles. The van der Waals surface area contributed by atoms with Crippen LogP contribution in [0.5, 0.6) is 5.75 Å². The van der Waals surface area contributed by atoms with Gasteiger partial charge in [0.05, 0.1) is 18.7 Å². The molecule has 13 heteroatoms. The maximum atomic E-state index is 13.5. The Hall–Kier alpha value is -3.31. The number of hydrogen-bond acceptors (Lipinski definition) is 4. The molecule has 0 aliphatic carbocycles. The van der Waals surface area contributed by atoms with Crippen molar-refractivity contribution in [1.29, 1.82) is 0 Å². The summed E-state index contributed by atoms with van der Waals surface area (Å²) in [7, 11) is 1.37. The number of nitrogens with zero attached hydrogens (tertiary/aromatic N) is 4. The largest absolute Gasteiger partial charge is 0.573 e. The van der Waals surface area contributed by atoms with E-state index in [9.17, 15) is 30.7 Å². The second-order valence-corrected chi connectivity index (χ2v) is 6.16. The van der Waals surface area contributed by atoms with Crippen molar-refractivity contribution in [3.05, 3.63) is 83.8 Å². The second-order valence-electron chi connectivity index (χ2n) is 6.16. The zero-order valence-corrected chi connectivity index (χ0v) is 19.2. The average Bonchev–Trinajstić information content (AvgIpc) is 3.32. The zero-order chi connectivity index (χ0) is 24.2. The summed E-state index contributed by atoms with van der Waals surface area (Å²) in [5.74, 6) is -6.63. The molecule has 0 amide bonds. The molecule has 0 unspecified atom stereocenters. The molecule has 0 saturated heterocycles. The number of aromatic nitrogens is 4. The van der Waals surface area contributed by atoms with Gasteiger partial charge in [0.2, 0.25) is 0 Å². The van der Waals surface area contributed by atoms with Gasteiger partial charge in [-0.3, -0.25) is 13.8 Å². The van der Waals surface area contributed by atoms with Crippen LogP contribution in [-0.2, 0) is 26.3 Å². The SMILES string of the molecule is COc1ccnc(-c2[c-]c(F)c(F)c(F)c2F)c1.FC(F)(F)c1cc(-c2ccccn2)[n-]n1.[Ir]. The fraction of sp³-hybridized carbons (Fsp3) is 0.0952. The Morgan fingerprint density at radius 1 is 0.882 bits per heavy atom. The van der Waals surface area contributed by atoms with Crippen molar-refractivity contribution in [3.8, 4) is 28.4 Å². The van der Waals surface area contributed by atoms with Crippen LogP contribution in [0.1, 0.15) is 5.69 Å². The number of benzene rings is 1. The molecule has 5 nitrogen and oxygen atoms in total. The predicted octanol–water partition coefficient (Wildman–Crippen LogP) is 5.23. The normalized spacial score (nSPS) is 10.7.